The summed E-state index contributed by atoms with van der Waals surface area (Å²) in [6.07, 6.45) is 1.45. The molecule has 1 atom stereocenters. The average Bonchev–Trinajstić information content (AvgIpc) is 2.95. The number of imidazole rings is 1. The minimum atomic E-state index is -0.256. The highest BCUT2D eigenvalue weighted by Gasteiger charge is 2.13. The van der Waals surface area contributed by atoms with Crippen molar-refractivity contribution in [3.05, 3.63) is 65.7 Å². The normalized spacial score (nSPS) is 12.3. The highest BCUT2D eigenvalue weighted by molar-refractivity contribution is 5.78. The van der Waals surface area contributed by atoms with Gasteiger partial charge in [-0.05, 0) is 49.6 Å². The van der Waals surface area contributed by atoms with E-state index >= 15 is 0 Å². The van der Waals surface area contributed by atoms with Gasteiger partial charge in [-0.25, -0.2) is 9.37 Å². The maximum absolute atomic E-state index is 12.9. The summed E-state index contributed by atoms with van der Waals surface area (Å²) >= 11 is 0. The maximum atomic E-state index is 12.9. The molecule has 2 aromatic carbocycles. The molecule has 1 N–H and O–H groups in total. The van der Waals surface area contributed by atoms with Crippen LogP contribution in [0.4, 0.5) is 4.39 Å². The fourth-order valence-corrected chi connectivity index (χ4v) is 3.17. The molecule has 0 spiro atoms. The molecule has 0 aliphatic carbocycles. The van der Waals surface area contributed by atoms with Crippen molar-refractivity contribution in [3.8, 4) is 0 Å². The summed E-state index contributed by atoms with van der Waals surface area (Å²) in [5, 5.41) is 3.00. The standard InChI is InChI=1S/C21H24FN3O/c1-15(14-17-8-10-18(22)11-9-17)21(26)23-12-5-13-25-16(2)24-19-6-3-4-7-20(19)25/h3-4,6-11,15H,5,12-14H2,1-2H3,(H,23,26). The molecule has 0 aliphatic rings. The molecule has 5 heteroatoms. The van der Waals surface area contributed by atoms with Crippen LogP contribution in [0, 0.1) is 18.7 Å². The Balaban J connectivity index is 1.47. The zero-order valence-electron chi connectivity index (χ0n) is 15.2. The van der Waals surface area contributed by atoms with Crippen molar-refractivity contribution in [1.29, 1.82) is 0 Å². The van der Waals surface area contributed by atoms with Gasteiger partial charge in [-0.3, -0.25) is 4.79 Å². The number of carbonyl (C=O) groups excluding carboxylic acids is 1. The van der Waals surface area contributed by atoms with Crippen LogP contribution in [-0.4, -0.2) is 22.0 Å². The Morgan fingerprint density at radius 1 is 1.19 bits per heavy atom. The number of aromatic nitrogens is 2. The molecule has 1 amide bonds. The molecule has 3 rings (SSSR count). The van der Waals surface area contributed by atoms with Gasteiger partial charge >= 0.3 is 0 Å². The van der Waals surface area contributed by atoms with Gasteiger partial charge in [-0.2, -0.15) is 0 Å². The van der Waals surface area contributed by atoms with Gasteiger partial charge in [0.05, 0.1) is 11.0 Å². The van der Waals surface area contributed by atoms with E-state index in [4.69, 9.17) is 0 Å². The van der Waals surface area contributed by atoms with Crippen LogP contribution in [-0.2, 0) is 17.8 Å². The van der Waals surface area contributed by atoms with Crippen molar-refractivity contribution in [3.63, 3.8) is 0 Å². The molecule has 3 aromatic rings. The Morgan fingerprint density at radius 2 is 1.92 bits per heavy atom. The van der Waals surface area contributed by atoms with E-state index in [9.17, 15) is 9.18 Å². The first-order valence-corrected chi connectivity index (χ1v) is 8.98. The van der Waals surface area contributed by atoms with E-state index in [1.54, 1.807) is 12.1 Å². The summed E-state index contributed by atoms with van der Waals surface area (Å²) in [7, 11) is 0. The largest absolute Gasteiger partial charge is 0.356 e. The Kier molecular flexibility index (Phi) is 5.66. The second kappa shape index (κ2) is 8.13. The zero-order chi connectivity index (χ0) is 18.5. The van der Waals surface area contributed by atoms with E-state index in [2.05, 4.69) is 20.9 Å². The molecule has 1 heterocycles. The van der Waals surface area contributed by atoms with Crippen LogP contribution in [0.25, 0.3) is 11.0 Å². The molecule has 1 unspecified atom stereocenters. The predicted molar refractivity (Wildman–Crippen MR) is 101 cm³/mol. The van der Waals surface area contributed by atoms with Gasteiger partial charge < -0.3 is 9.88 Å². The van der Waals surface area contributed by atoms with E-state index in [0.29, 0.717) is 13.0 Å². The summed E-state index contributed by atoms with van der Waals surface area (Å²) in [6.45, 7) is 5.34. The Bertz CT molecular complexity index is 886. The van der Waals surface area contributed by atoms with E-state index in [-0.39, 0.29) is 17.6 Å². The van der Waals surface area contributed by atoms with Crippen molar-refractivity contribution < 1.29 is 9.18 Å². The molecule has 4 nitrogen and oxygen atoms in total. The summed E-state index contributed by atoms with van der Waals surface area (Å²) in [5.41, 5.74) is 3.09. The van der Waals surface area contributed by atoms with Crippen molar-refractivity contribution in [2.45, 2.75) is 33.2 Å². The van der Waals surface area contributed by atoms with Gasteiger partial charge in [0.25, 0.3) is 0 Å². The Morgan fingerprint density at radius 3 is 2.69 bits per heavy atom. The summed E-state index contributed by atoms with van der Waals surface area (Å²) in [4.78, 5) is 16.8. The molecule has 0 saturated carbocycles. The number of aryl methyl sites for hydroxylation is 2. The van der Waals surface area contributed by atoms with Crippen LogP contribution >= 0.6 is 0 Å². The SMILES string of the molecule is Cc1nc2ccccc2n1CCCNC(=O)C(C)Cc1ccc(F)cc1. The number of fused-ring (bicyclic) bond motifs is 1. The smallest absolute Gasteiger partial charge is 0.223 e. The molecule has 0 fully saturated rings. The first-order valence-electron chi connectivity index (χ1n) is 8.98. The van der Waals surface area contributed by atoms with Crippen LogP contribution < -0.4 is 5.32 Å². The van der Waals surface area contributed by atoms with Gasteiger partial charge in [0.2, 0.25) is 5.91 Å². The molecule has 26 heavy (non-hydrogen) atoms. The van der Waals surface area contributed by atoms with Crippen molar-refractivity contribution >= 4 is 16.9 Å². The third-order valence-corrected chi connectivity index (χ3v) is 4.61. The molecule has 0 bridgehead atoms. The number of halogens is 1. The van der Waals surface area contributed by atoms with Crippen molar-refractivity contribution in [2.24, 2.45) is 5.92 Å². The van der Waals surface area contributed by atoms with Crippen LogP contribution in [0.15, 0.2) is 48.5 Å². The van der Waals surface area contributed by atoms with Crippen LogP contribution in [0.5, 0.6) is 0 Å². The van der Waals surface area contributed by atoms with Crippen molar-refractivity contribution in [2.75, 3.05) is 6.54 Å². The van der Waals surface area contributed by atoms with E-state index in [1.165, 1.54) is 12.1 Å². The number of carbonyl (C=O) groups is 1. The number of rotatable bonds is 7. The Hall–Kier alpha value is -2.69. The minimum absolute atomic E-state index is 0.0292. The van der Waals surface area contributed by atoms with Gasteiger partial charge in [0.15, 0.2) is 0 Å². The first kappa shape index (κ1) is 18.1. The zero-order valence-corrected chi connectivity index (χ0v) is 15.2. The number of benzene rings is 2. The van der Waals surface area contributed by atoms with Crippen LogP contribution in [0.2, 0.25) is 0 Å². The number of hydrogen-bond donors (Lipinski definition) is 1. The molecule has 136 valence electrons. The van der Waals surface area contributed by atoms with Crippen LogP contribution in [0.1, 0.15) is 24.7 Å². The average molecular weight is 353 g/mol. The molecule has 0 radical (unpaired) electrons. The summed E-state index contributed by atoms with van der Waals surface area (Å²) in [6, 6.07) is 14.4. The fraction of sp³-hybridized carbons (Fsp3) is 0.333. The topological polar surface area (TPSA) is 46.9 Å². The monoisotopic (exact) mass is 353 g/mol. The van der Waals surface area contributed by atoms with Crippen LogP contribution in [0.3, 0.4) is 0 Å². The fourth-order valence-electron chi connectivity index (χ4n) is 3.17. The number of nitrogens with zero attached hydrogens (tertiary/aromatic N) is 2. The molecule has 0 saturated heterocycles. The Labute approximate surface area is 153 Å². The molecule has 0 aliphatic heterocycles. The predicted octanol–water partition coefficient (Wildman–Crippen LogP) is 3.87. The number of nitrogens with one attached hydrogen (secondary N) is 1. The van der Waals surface area contributed by atoms with Gasteiger partial charge in [-0.15, -0.1) is 0 Å². The third-order valence-electron chi connectivity index (χ3n) is 4.61. The second-order valence-electron chi connectivity index (χ2n) is 6.68. The summed E-state index contributed by atoms with van der Waals surface area (Å²) in [5.74, 6) is 0.619. The van der Waals surface area contributed by atoms with E-state index in [0.717, 1.165) is 35.4 Å². The van der Waals surface area contributed by atoms with E-state index < -0.39 is 0 Å². The number of para-hydroxylation sites is 2. The second-order valence-corrected chi connectivity index (χ2v) is 6.68. The molecular weight excluding hydrogens is 329 g/mol. The lowest BCUT2D eigenvalue weighted by atomic mass is 10.0. The quantitative estimate of drug-likeness (QED) is 0.656. The van der Waals surface area contributed by atoms with Gasteiger partial charge in [0, 0.05) is 19.0 Å². The highest BCUT2D eigenvalue weighted by atomic mass is 19.1. The third kappa shape index (κ3) is 4.28. The maximum Gasteiger partial charge on any atom is 0.223 e. The van der Waals surface area contributed by atoms with E-state index in [1.807, 2.05) is 32.0 Å². The first-order chi connectivity index (χ1) is 12.5. The van der Waals surface area contributed by atoms with Gasteiger partial charge in [0.1, 0.15) is 11.6 Å². The number of amides is 1. The lowest BCUT2D eigenvalue weighted by Crippen LogP contribution is -2.31. The highest BCUT2D eigenvalue weighted by Crippen LogP contribution is 2.15. The summed E-state index contributed by atoms with van der Waals surface area (Å²) < 4.78 is 15.1. The number of hydrogen-bond acceptors (Lipinski definition) is 2. The lowest BCUT2D eigenvalue weighted by molar-refractivity contribution is -0.124. The molecular formula is C21H24FN3O. The lowest BCUT2D eigenvalue weighted by Gasteiger charge is -2.13. The molecule has 1 aromatic heterocycles. The van der Waals surface area contributed by atoms with Gasteiger partial charge in [-0.1, -0.05) is 31.2 Å². The minimum Gasteiger partial charge on any atom is -0.356 e. The van der Waals surface area contributed by atoms with Crippen molar-refractivity contribution in [1.82, 2.24) is 14.9 Å².